The predicted molar refractivity (Wildman–Crippen MR) is 69.4 cm³/mol. The monoisotopic (exact) mass is 256 g/mol. The molecule has 0 aliphatic carbocycles. The lowest BCUT2D eigenvalue weighted by molar-refractivity contribution is -0.138. The van der Waals surface area contributed by atoms with Crippen molar-refractivity contribution >= 4 is 11.9 Å². The van der Waals surface area contributed by atoms with Crippen molar-refractivity contribution in [3.8, 4) is 0 Å². The molecule has 3 N–H and O–H groups in total. The van der Waals surface area contributed by atoms with E-state index in [1.54, 1.807) is 0 Å². The number of hydrogen-bond donors (Lipinski definition) is 3. The van der Waals surface area contributed by atoms with Gasteiger partial charge in [0, 0.05) is 6.04 Å². The molecule has 0 saturated carbocycles. The van der Waals surface area contributed by atoms with Gasteiger partial charge in [0.25, 0.3) is 0 Å². The standard InChI is InChI=1S/C13H24N2O3/c1-3-6-10(9-11(16)17)15-12(18)13(4-2)7-5-8-14-13/h10,14H,3-9H2,1-2H3,(H,15,18)(H,16,17). The zero-order chi connectivity index (χ0) is 13.6. The Hall–Kier alpha value is -1.10. The number of carbonyl (C=O) groups is 2. The van der Waals surface area contributed by atoms with Crippen molar-refractivity contribution in [3.05, 3.63) is 0 Å². The van der Waals surface area contributed by atoms with Crippen LogP contribution in [-0.2, 0) is 9.59 Å². The molecule has 0 bridgehead atoms. The fourth-order valence-electron chi connectivity index (χ4n) is 2.57. The zero-order valence-electron chi connectivity index (χ0n) is 11.3. The van der Waals surface area contributed by atoms with Crippen LogP contribution < -0.4 is 10.6 Å². The van der Waals surface area contributed by atoms with E-state index in [1.807, 2.05) is 13.8 Å². The third-order valence-electron chi connectivity index (χ3n) is 3.68. The average molecular weight is 256 g/mol. The van der Waals surface area contributed by atoms with Crippen LogP contribution in [0.5, 0.6) is 0 Å². The third-order valence-corrected chi connectivity index (χ3v) is 3.68. The predicted octanol–water partition coefficient (Wildman–Crippen LogP) is 1.28. The molecule has 0 aromatic rings. The van der Waals surface area contributed by atoms with E-state index < -0.39 is 11.5 Å². The summed E-state index contributed by atoms with van der Waals surface area (Å²) in [5.74, 6) is -0.902. The summed E-state index contributed by atoms with van der Waals surface area (Å²) in [6, 6.07) is -0.258. The number of hydrogen-bond acceptors (Lipinski definition) is 3. The van der Waals surface area contributed by atoms with E-state index in [4.69, 9.17) is 5.11 Å². The highest BCUT2D eigenvalue weighted by Gasteiger charge is 2.39. The molecule has 0 radical (unpaired) electrons. The van der Waals surface area contributed by atoms with Crippen LogP contribution >= 0.6 is 0 Å². The fourth-order valence-corrected chi connectivity index (χ4v) is 2.57. The maximum atomic E-state index is 12.3. The maximum absolute atomic E-state index is 12.3. The quantitative estimate of drug-likeness (QED) is 0.641. The summed E-state index contributed by atoms with van der Waals surface area (Å²) in [7, 11) is 0. The van der Waals surface area contributed by atoms with E-state index >= 15 is 0 Å². The lowest BCUT2D eigenvalue weighted by atomic mass is 9.92. The minimum absolute atomic E-state index is 0.000621. The Balaban J connectivity index is 2.61. The van der Waals surface area contributed by atoms with Gasteiger partial charge in [0.1, 0.15) is 0 Å². The van der Waals surface area contributed by atoms with Gasteiger partial charge in [0.05, 0.1) is 12.0 Å². The number of carbonyl (C=O) groups excluding carboxylic acids is 1. The van der Waals surface area contributed by atoms with Crippen molar-refractivity contribution < 1.29 is 14.7 Å². The van der Waals surface area contributed by atoms with Crippen molar-refractivity contribution in [2.24, 2.45) is 0 Å². The minimum atomic E-state index is -0.862. The van der Waals surface area contributed by atoms with E-state index in [2.05, 4.69) is 10.6 Å². The van der Waals surface area contributed by atoms with Crippen LogP contribution in [0.15, 0.2) is 0 Å². The van der Waals surface area contributed by atoms with Gasteiger partial charge in [-0.05, 0) is 32.2 Å². The van der Waals surface area contributed by atoms with Gasteiger partial charge in [-0.3, -0.25) is 9.59 Å². The van der Waals surface area contributed by atoms with Crippen LogP contribution in [-0.4, -0.2) is 35.1 Å². The van der Waals surface area contributed by atoms with Gasteiger partial charge in [-0.2, -0.15) is 0 Å². The van der Waals surface area contributed by atoms with Gasteiger partial charge in [0.15, 0.2) is 0 Å². The first kappa shape index (κ1) is 15.0. The Morgan fingerprint density at radius 3 is 2.61 bits per heavy atom. The first-order valence-electron chi connectivity index (χ1n) is 6.82. The number of carboxylic acids is 1. The Morgan fingerprint density at radius 1 is 1.44 bits per heavy atom. The van der Waals surface area contributed by atoms with E-state index in [0.717, 1.165) is 32.2 Å². The first-order chi connectivity index (χ1) is 8.54. The summed E-state index contributed by atoms with van der Waals surface area (Å²) in [6.45, 7) is 4.84. The lowest BCUT2D eigenvalue weighted by Crippen LogP contribution is -2.55. The Morgan fingerprint density at radius 2 is 2.17 bits per heavy atom. The molecule has 1 amide bonds. The fraction of sp³-hybridized carbons (Fsp3) is 0.846. The lowest BCUT2D eigenvalue weighted by Gasteiger charge is -2.29. The Bertz CT molecular complexity index is 299. The molecule has 1 aliphatic heterocycles. The van der Waals surface area contributed by atoms with Gasteiger partial charge < -0.3 is 15.7 Å². The molecule has 5 heteroatoms. The summed E-state index contributed by atoms with van der Waals surface area (Å²) < 4.78 is 0. The highest BCUT2D eigenvalue weighted by Crippen LogP contribution is 2.23. The summed E-state index contributed by atoms with van der Waals surface area (Å²) >= 11 is 0. The SMILES string of the molecule is CCCC(CC(=O)O)NC(=O)C1(CC)CCCN1. The van der Waals surface area contributed by atoms with E-state index in [1.165, 1.54) is 0 Å². The summed E-state index contributed by atoms with van der Waals surface area (Å²) in [6.07, 6.45) is 4.15. The maximum Gasteiger partial charge on any atom is 0.305 e. The minimum Gasteiger partial charge on any atom is -0.481 e. The molecule has 104 valence electrons. The second kappa shape index (κ2) is 6.73. The zero-order valence-corrected chi connectivity index (χ0v) is 11.3. The molecule has 2 unspecified atom stereocenters. The molecule has 5 nitrogen and oxygen atoms in total. The number of amides is 1. The van der Waals surface area contributed by atoms with Crippen LogP contribution in [0.2, 0.25) is 0 Å². The molecule has 1 aliphatic rings. The highest BCUT2D eigenvalue weighted by atomic mass is 16.4. The molecule has 1 rings (SSSR count). The number of carboxylic acid groups (broad SMARTS) is 1. The van der Waals surface area contributed by atoms with E-state index in [-0.39, 0.29) is 18.4 Å². The van der Waals surface area contributed by atoms with Crippen LogP contribution in [0, 0.1) is 0 Å². The topological polar surface area (TPSA) is 78.4 Å². The smallest absolute Gasteiger partial charge is 0.305 e. The van der Waals surface area contributed by atoms with E-state index in [0.29, 0.717) is 6.42 Å². The number of aliphatic carboxylic acids is 1. The molecular weight excluding hydrogens is 232 g/mol. The van der Waals surface area contributed by atoms with Crippen molar-refractivity contribution in [3.63, 3.8) is 0 Å². The third kappa shape index (κ3) is 3.70. The number of nitrogens with one attached hydrogen (secondary N) is 2. The first-order valence-corrected chi connectivity index (χ1v) is 6.82. The van der Waals surface area contributed by atoms with Gasteiger partial charge in [-0.25, -0.2) is 0 Å². The molecule has 0 aromatic carbocycles. The van der Waals surface area contributed by atoms with Crippen LogP contribution in [0.4, 0.5) is 0 Å². The average Bonchev–Trinajstić information content (AvgIpc) is 2.78. The molecule has 1 heterocycles. The molecule has 18 heavy (non-hydrogen) atoms. The summed E-state index contributed by atoms with van der Waals surface area (Å²) in [4.78, 5) is 23.1. The second-order valence-electron chi connectivity index (χ2n) is 5.02. The van der Waals surface area contributed by atoms with Crippen LogP contribution in [0.25, 0.3) is 0 Å². The number of rotatable bonds is 7. The van der Waals surface area contributed by atoms with Gasteiger partial charge >= 0.3 is 5.97 Å². The van der Waals surface area contributed by atoms with Gasteiger partial charge in [-0.1, -0.05) is 20.3 Å². The highest BCUT2D eigenvalue weighted by molar-refractivity contribution is 5.87. The van der Waals surface area contributed by atoms with Crippen molar-refractivity contribution in [2.45, 2.75) is 64.0 Å². The summed E-state index contributed by atoms with van der Waals surface area (Å²) in [5, 5.41) is 15.0. The molecule has 2 atom stereocenters. The Labute approximate surface area is 108 Å². The molecular formula is C13H24N2O3. The molecule has 1 saturated heterocycles. The van der Waals surface area contributed by atoms with Crippen LogP contribution in [0.3, 0.4) is 0 Å². The van der Waals surface area contributed by atoms with Crippen LogP contribution in [0.1, 0.15) is 52.4 Å². The second-order valence-corrected chi connectivity index (χ2v) is 5.02. The van der Waals surface area contributed by atoms with Crippen molar-refractivity contribution in [1.82, 2.24) is 10.6 Å². The molecule has 1 fully saturated rings. The molecule has 0 spiro atoms. The van der Waals surface area contributed by atoms with Crippen molar-refractivity contribution in [1.29, 1.82) is 0 Å². The van der Waals surface area contributed by atoms with E-state index in [9.17, 15) is 9.59 Å². The largest absolute Gasteiger partial charge is 0.481 e. The Kier molecular flexibility index (Phi) is 5.59. The summed E-state index contributed by atoms with van der Waals surface area (Å²) in [5.41, 5.74) is -0.482. The van der Waals surface area contributed by atoms with Crippen molar-refractivity contribution in [2.75, 3.05) is 6.54 Å². The van der Waals surface area contributed by atoms with Gasteiger partial charge in [-0.15, -0.1) is 0 Å². The van der Waals surface area contributed by atoms with Gasteiger partial charge in [0.2, 0.25) is 5.91 Å². The molecule has 0 aromatic heterocycles. The normalized spacial score (nSPS) is 24.8.